The fraction of sp³-hybridized carbons (Fsp3) is 0.222. The highest BCUT2D eigenvalue weighted by atomic mass is 127. The highest BCUT2D eigenvalue weighted by Crippen LogP contribution is 2.19. The number of hydrogen-bond acceptors (Lipinski definition) is 1. The third kappa shape index (κ3) is 4.15. The van der Waals surface area contributed by atoms with Crippen LogP contribution in [0.4, 0.5) is 0 Å². The Morgan fingerprint density at radius 2 is 2.07 bits per heavy atom. The van der Waals surface area contributed by atoms with Gasteiger partial charge in [0.25, 0.3) is 0 Å². The number of guanidine groups is 1. The summed E-state index contributed by atoms with van der Waals surface area (Å²) in [7, 11) is 0. The summed E-state index contributed by atoms with van der Waals surface area (Å²) in [6.45, 7) is 1.91. The summed E-state index contributed by atoms with van der Waals surface area (Å²) < 4.78 is 0. The minimum absolute atomic E-state index is 0. The van der Waals surface area contributed by atoms with Crippen molar-refractivity contribution in [2.24, 2.45) is 16.5 Å². The van der Waals surface area contributed by atoms with E-state index in [-0.39, 0.29) is 36.0 Å². The summed E-state index contributed by atoms with van der Waals surface area (Å²) in [5.74, 6) is 0.0903. The molecule has 0 aliphatic carbocycles. The molecular weight excluding hydrogens is 312 g/mol. The third-order valence-corrected chi connectivity index (χ3v) is 1.91. The van der Waals surface area contributed by atoms with Gasteiger partial charge in [0.2, 0.25) is 0 Å². The molecule has 0 bridgehead atoms. The van der Waals surface area contributed by atoms with E-state index in [9.17, 15) is 0 Å². The molecule has 0 saturated carbocycles. The van der Waals surface area contributed by atoms with Crippen molar-refractivity contribution >= 4 is 41.5 Å². The molecule has 0 aromatic heterocycles. The van der Waals surface area contributed by atoms with Crippen molar-refractivity contribution in [2.45, 2.75) is 13.0 Å². The van der Waals surface area contributed by atoms with E-state index in [1.54, 1.807) is 0 Å². The van der Waals surface area contributed by atoms with E-state index in [0.717, 1.165) is 5.56 Å². The van der Waals surface area contributed by atoms with Crippen LogP contribution < -0.4 is 11.5 Å². The number of benzene rings is 1. The highest BCUT2D eigenvalue weighted by molar-refractivity contribution is 14.0. The molecule has 14 heavy (non-hydrogen) atoms. The number of halogens is 2. The van der Waals surface area contributed by atoms with Crippen LogP contribution in [-0.2, 0) is 0 Å². The zero-order valence-corrected chi connectivity index (χ0v) is 10.9. The first-order valence-corrected chi connectivity index (χ1v) is 4.31. The molecule has 1 atom stereocenters. The minimum Gasteiger partial charge on any atom is -0.370 e. The van der Waals surface area contributed by atoms with Gasteiger partial charge in [-0.1, -0.05) is 23.7 Å². The second-order valence-corrected chi connectivity index (χ2v) is 3.22. The van der Waals surface area contributed by atoms with Gasteiger partial charge < -0.3 is 11.5 Å². The van der Waals surface area contributed by atoms with E-state index in [0.29, 0.717) is 5.02 Å². The molecule has 0 saturated heterocycles. The maximum atomic E-state index is 5.81. The summed E-state index contributed by atoms with van der Waals surface area (Å²) in [6.07, 6.45) is 0. The van der Waals surface area contributed by atoms with Gasteiger partial charge in [-0.25, -0.2) is 4.99 Å². The largest absolute Gasteiger partial charge is 0.370 e. The van der Waals surface area contributed by atoms with Crippen LogP contribution in [0.1, 0.15) is 18.5 Å². The average Bonchev–Trinajstić information content (AvgIpc) is 2.03. The summed E-state index contributed by atoms with van der Waals surface area (Å²) in [4.78, 5) is 4.00. The Kier molecular flexibility index (Phi) is 5.87. The molecule has 0 heterocycles. The van der Waals surface area contributed by atoms with Crippen molar-refractivity contribution in [3.8, 4) is 0 Å². The Bertz CT molecular complexity index is 324. The lowest BCUT2D eigenvalue weighted by Crippen LogP contribution is -2.23. The zero-order chi connectivity index (χ0) is 9.84. The molecule has 0 amide bonds. The average molecular weight is 326 g/mol. The Morgan fingerprint density at radius 3 is 2.57 bits per heavy atom. The fourth-order valence-corrected chi connectivity index (χ4v) is 1.26. The van der Waals surface area contributed by atoms with E-state index in [4.69, 9.17) is 23.1 Å². The molecule has 1 unspecified atom stereocenters. The van der Waals surface area contributed by atoms with Gasteiger partial charge in [-0.3, -0.25) is 0 Å². The van der Waals surface area contributed by atoms with E-state index < -0.39 is 0 Å². The van der Waals surface area contributed by atoms with Gasteiger partial charge in [0.05, 0.1) is 6.04 Å². The van der Waals surface area contributed by atoms with Crippen molar-refractivity contribution < 1.29 is 0 Å². The highest BCUT2D eigenvalue weighted by Gasteiger charge is 2.03. The van der Waals surface area contributed by atoms with Crippen LogP contribution >= 0.6 is 35.6 Å². The van der Waals surface area contributed by atoms with Crippen molar-refractivity contribution in [3.05, 3.63) is 34.9 Å². The first-order valence-electron chi connectivity index (χ1n) is 3.94. The maximum absolute atomic E-state index is 5.81. The number of nitrogens with zero attached hydrogens (tertiary/aromatic N) is 1. The Balaban J connectivity index is 0.00000169. The fourth-order valence-electron chi connectivity index (χ4n) is 1.06. The van der Waals surface area contributed by atoms with Crippen molar-refractivity contribution in [1.82, 2.24) is 0 Å². The molecule has 1 rings (SSSR count). The van der Waals surface area contributed by atoms with E-state index in [2.05, 4.69) is 4.99 Å². The number of hydrogen-bond donors (Lipinski definition) is 2. The Labute approximate surface area is 106 Å². The molecule has 0 aliphatic rings. The van der Waals surface area contributed by atoms with Gasteiger partial charge in [-0.2, -0.15) is 0 Å². The molecule has 3 nitrogen and oxygen atoms in total. The second kappa shape index (κ2) is 6.08. The van der Waals surface area contributed by atoms with Crippen LogP contribution in [0.15, 0.2) is 29.3 Å². The summed E-state index contributed by atoms with van der Waals surface area (Å²) in [6, 6.07) is 7.41. The quantitative estimate of drug-likeness (QED) is 0.498. The van der Waals surface area contributed by atoms with E-state index in [1.165, 1.54) is 0 Å². The molecular formula is C9H13ClIN3. The van der Waals surface area contributed by atoms with Crippen molar-refractivity contribution in [3.63, 3.8) is 0 Å². The summed E-state index contributed by atoms with van der Waals surface area (Å²) >= 11 is 5.81. The number of aliphatic imine (C=N–C) groups is 1. The lowest BCUT2D eigenvalue weighted by molar-refractivity contribution is 0.816. The molecule has 0 spiro atoms. The van der Waals surface area contributed by atoms with Crippen LogP contribution in [0.2, 0.25) is 5.02 Å². The Hall–Kier alpha value is -0.490. The normalized spacial score (nSPS) is 11.3. The first-order chi connectivity index (χ1) is 6.09. The molecule has 78 valence electrons. The topological polar surface area (TPSA) is 64.4 Å². The molecule has 0 fully saturated rings. The van der Waals surface area contributed by atoms with Crippen LogP contribution in [0.5, 0.6) is 0 Å². The van der Waals surface area contributed by atoms with Gasteiger partial charge in [-0.05, 0) is 24.6 Å². The van der Waals surface area contributed by atoms with Crippen LogP contribution in [0, 0.1) is 0 Å². The predicted molar refractivity (Wildman–Crippen MR) is 71.1 cm³/mol. The summed E-state index contributed by atoms with van der Waals surface area (Å²) in [5, 5.41) is 0.690. The van der Waals surface area contributed by atoms with E-state index in [1.807, 2.05) is 31.2 Å². The lowest BCUT2D eigenvalue weighted by atomic mass is 10.1. The maximum Gasteiger partial charge on any atom is 0.186 e. The predicted octanol–water partition coefficient (Wildman–Crippen LogP) is 2.29. The molecule has 4 N–H and O–H groups in total. The van der Waals surface area contributed by atoms with Crippen molar-refractivity contribution in [2.75, 3.05) is 0 Å². The van der Waals surface area contributed by atoms with Crippen LogP contribution in [-0.4, -0.2) is 5.96 Å². The second-order valence-electron chi connectivity index (χ2n) is 2.78. The van der Waals surface area contributed by atoms with Gasteiger partial charge >= 0.3 is 0 Å². The molecule has 5 heteroatoms. The summed E-state index contributed by atoms with van der Waals surface area (Å²) in [5.41, 5.74) is 11.5. The third-order valence-electron chi connectivity index (χ3n) is 1.67. The number of rotatable bonds is 2. The molecule has 1 aromatic rings. The number of nitrogens with two attached hydrogens (primary N) is 2. The first kappa shape index (κ1) is 13.5. The van der Waals surface area contributed by atoms with Gasteiger partial charge in [0, 0.05) is 5.02 Å². The standard InChI is InChI=1S/C9H12ClN3.HI/c1-6(13-9(11)12)7-3-2-4-8(10)5-7;/h2-6H,1H3,(H4,11,12,13);1H. The molecule has 0 aliphatic heterocycles. The smallest absolute Gasteiger partial charge is 0.186 e. The van der Waals surface area contributed by atoms with Crippen molar-refractivity contribution in [1.29, 1.82) is 0 Å². The van der Waals surface area contributed by atoms with Gasteiger partial charge in [-0.15, -0.1) is 24.0 Å². The minimum atomic E-state index is -0.0521. The SMILES string of the molecule is CC(N=C(N)N)c1cccc(Cl)c1.I. The van der Waals surface area contributed by atoms with Crippen LogP contribution in [0.25, 0.3) is 0 Å². The Morgan fingerprint density at radius 1 is 1.43 bits per heavy atom. The van der Waals surface area contributed by atoms with Gasteiger partial charge in [0.15, 0.2) is 5.96 Å². The molecule has 0 radical (unpaired) electrons. The van der Waals surface area contributed by atoms with Crippen LogP contribution in [0.3, 0.4) is 0 Å². The monoisotopic (exact) mass is 325 g/mol. The zero-order valence-electron chi connectivity index (χ0n) is 7.77. The lowest BCUT2D eigenvalue weighted by Gasteiger charge is -2.06. The van der Waals surface area contributed by atoms with E-state index >= 15 is 0 Å². The molecule has 1 aromatic carbocycles. The van der Waals surface area contributed by atoms with Gasteiger partial charge in [0.1, 0.15) is 0 Å².